The molecule has 0 rings (SSSR count). The van der Waals surface area contributed by atoms with Crippen molar-refractivity contribution in [3.63, 3.8) is 0 Å². The van der Waals surface area contributed by atoms with Crippen molar-refractivity contribution in [1.82, 2.24) is 0 Å². The van der Waals surface area contributed by atoms with Crippen LogP contribution < -0.4 is 0 Å². The third-order valence-electron chi connectivity index (χ3n) is 0.902. The molecule has 0 aromatic heterocycles. The van der Waals surface area contributed by atoms with Gasteiger partial charge in [0.25, 0.3) is 0 Å². The zero-order chi connectivity index (χ0) is 9.28. The molecule has 4 heteroatoms. The van der Waals surface area contributed by atoms with Gasteiger partial charge < -0.3 is 0 Å². The normalized spacial score (nSPS) is 14.7. The molecule has 0 aromatic rings. The van der Waals surface area contributed by atoms with Crippen molar-refractivity contribution in [2.75, 3.05) is 12.5 Å². The molecule has 0 radical (unpaired) electrons. The van der Waals surface area contributed by atoms with Crippen molar-refractivity contribution in [2.45, 2.75) is 29.7 Å². The molecule has 2 atom stereocenters. The molecule has 0 fully saturated rings. The van der Waals surface area contributed by atoms with Crippen LogP contribution in [0.15, 0.2) is 0 Å². The van der Waals surface area contributed by atoms with Gasteiger partial charge in [0.1, 0.15) is 0 Å². The number of hydrogen-bond acceptors (Lipinski definition) is 2. The largest absolute Gasteiger partial charge is 0.146 e. The van der Waals surface area contributed by atoms with Gasteiger partial charge in [-0.05, 0) is 25.9 Å². The Bertz CT molecular complexity index is 65.5. The summed E-state index contributed by atoms with van der Waals surface area (Å²) in [4.78, 5) is 0. The zero-order valence-corrected chi connectivity index (χ0v) is 10.6. The smallest absolute Gasteiger partial charge is 0.0783 e. The van der Waals surface area contributed by atoms with E-state index in [0.717, 1.165) is 6.42 Å². The molecule has 0 amide bonds. The average molecular weight is 235 g/mol. The molecule has 0 aliphatic heterocycles. The lowest BCUT2D eigenvalue weighted by Crippen LogP contribution is -1.82. The highest BCUT2D eigenvalue weighted by atomic mass is 35.5. The van der Waals surface area contributed by atoms with E-state index in [1.165, 1.54) is 0 Å². The standard InChI is InChI=1S/C4H9ClS.C3H7ClS/c1-3-4(5)6-2;1-3(4)5-2/h4H,3H2,1-2H3;3H,1-2H3. The first kappa shape index (κ1) is 14.8. The van der Waals surface area contributed by atoms with E-state index in [0.29, 0.717) is 4.71 Å². The minimum Gasteiger partial charge on any atom is -0.146 e. The number of halogens is 2. The Kier molecular flexibility index (Phi) is 15.2. The predicted molar refractivity (Wildman–Crippen MR) is 62.3 cm³/mol. The van der Waals surface area contributed by atoms with E-state index in [2.05, 4.69) is 6.92 Å². The second kappa shape index (κ2) is 11.3. The zero-order valence-electron chi connectivity index (χ0n) is 7.43. The van der Waals surface area contributed by atoms with Gasteiger partial charge in [-0.15, -0.1) is 46.7 Å². The van der Waals surface area contributed by atoms with E-state index in [4.69, 9.17) is 23.2 Å². The van der Waals surface area contributed by atoms with Crippen LogP contribution in [0, 0.1) is 0 Å². The highest BCUT2D eigenvalue weighted by Crippen LogP contribution is 2.13. The summed E-state index contributed by atoms with van der Waals surface area (Å²) in [6.45, 7) is 4.03. The Morgan fingerprint density at radius 3 is 1.55 bits per heavy atom. The van der Waals surface area contributed by atoms with Crippen molar-refractivity contribution in [3.8, 4) is 0 Å². The summed E-state index contributed by atoms with van der Waals surface area (Å²) in [5.74, 6) is 0. The van der Waals surface area contributed by atoms with E-state index in [1.807, 2.05) is 19.4 Å². The maximum absolute atomic E-state index is 5.61. The molecule has 11 heavy (non-hydrogen) atoms. The number of rotatable bonds is 3. The van der Waals surface area contributed by atoms with Crippen molar-refractivity contribution in [3.05, 3.63) is 0 Å². The Morgan fingerprint density at radius 2 is 1.55 bits per heavy atom. The monoisotopic (exact) mass is 234 g/mol. The van der Waals surface area contributed by atoms with E-state index in [9.17, 15) is 0 Å². The Hall–Kier alpha value is 1.28. The minimum atomic E-state index is 0.273. The van der Waals surface area contributed by atoms with Crippen LogP contribution in [0.3, 0.4) is 0 Å². The summed E-state index contributed by atoms with van der Waals surface area (Å²) in [5, 5.41) is 0. The lowest BCUT2D eigenvalue weighted by Gasteiger charge is -1.95. The Labute approximate surface area is 88.8 Å². The summed E-state index contributed by atoms with van der Waals surface area (Å²) in [7, 11) is 0. The fourth-order valence-corrected chi connectivity index (χ4v) is 0.500. The highest BCUT2D eigenvalue weighted by Gasteiger charge is 1.92. The van der Waals surface area contributed by atoms with Gasteiger partial charge in [-0.3, -0.25) is 0 Å². The second-order valence-electron chi connectivity index (χ2n) is 1.83. The van der Waals surface area contributed by atoms with E-state index in [-0.39, 0.29) is 4.71 Å². The van der Waals surface area contributed by atoms with Gasteiger partial charge in [0.15, 0.2) is 0 Å². The molecule has 2 unspecified atom stereocenters. The van der Waals surface area contributed by atoms with Gasteiger partial charge in [-0.25, -0.2) is 0 Å². The van der Waals surface area contributed by atoms with Gasteiger partial charge in [-0.1, -0.05) is 6.92 Å². The molecule has 0 aromatic carbocycles. The van der Waals surface area contributed by atoms with E-state index in [1.54, 1.807) is 23.5 Å². The topological polar surface area (TPSA) is 0 Å². The van der Waals surface area contributed by atoms with Crippen LogP contribution in [-0.4, -0.2) is 21.9 Å². The molecule has 0 saturated carbocycles. The summed E-state index contributed by atoms with van der Waals surface area (Å²) in [6, 6.07) is 0. The van der Waals surface area contributed by atoms with Crippen LogP contribution in [-0.2, 0) is 0 Å². The first-order chi connectivity index (χ1) is 5.08. The number of hydrogen-bond donors (Lipinski definition) is 0. The van der Waals surface area contributed by atoms with Crippen molar-refractivity contribution in [2.24, 2.45) is 0 Å². The quantitative estimate of drug-likeness (QED) is 0.670. The fraction of sp³-hybridized carbons (Fsp3) is 1.00. The Morgan fingerprint density at radius 1 is 1.18 bits per heavy atom. The fourth-order valence-electron chi connectivity index (χ4n) is 0.167. The summed E-state index contributed by atoms with van der Waals surface area (Å²) < 4.78 is 0.597. The van der Waals surface area contributed by atoms with Crippen LogP contribution in [0.4, 0.5) is 0 Å². The minimum absolute atomic E-state index is 0.273. The molecule has 0 saturated heterocycles. The van der Waals surface area contributed by atoms with Crippen molar-refractivity contribution in [1.29, 1.82) is 0 Å². The highest BCUT2D eigenvalue weighted by molar-refractivity contribution is 8.00. The molecular formula is C7H16Cl2S2. The SMILES string of the molecule is CCC(Cl)SC.CSC(C)Cl. The maximum atomic E-state index is 5.61. The summed E-state index contributed by atoms with van der Waals surface area (Å²) in [6.07, 6.45) is 5.06. The Balaban J connectivity index is 0. The molecule has 0 N–H and O–H groups in total. The molecule has 0 aliphatic carbocycles. The molecule has 0 spiro atoms. The molecule has 0 bridgehead atoms. The van der Waals surface area contributed by atoms with Crippen LogP contribution >= 0.6 is 46.7 Å². The molecule has 0 nitrogen and oxygen atoms in total. The van der Waals surface area contributed by atoms with Gasteiger partial charge >= 0.3 is 0 Å². The third-order valence-corrected chi connectivity index (χ3v) is 3.77. The van der Waals surface area contributed by atoms with E-state index < -0.39 is 0 Å². The molecule has 0 heterocycles. The first-order valence-corrected chi connectivity index (χ1v) is 6.87. The van der Waals surface area contributed by atoms with E-state index >= 15 is 0 Å². The second-order valence-corrected chi connectivity index (χ2v) is 5.75. The first-order valence-electron chi connectivity index (χ1n) is 3.42. The van der Waals surface area contributed by atoms with Crippen LogP contribution in [0.5, 0.6) is 0 Å². The van der Waals surface area contributed by atoms with Gasteiger partial charge in [0.05, 0.1) is 9.42 Å². The van der Waals surface area contributed by atoms with Crippen LogP contribution in [0.25, 0.3) is 0 Å². The molecular weight excluding hydrogens is 219 g/mol. The summed E-state index contributed by atoms with van der Waals surface area (Å²) in [5.41, 5.74) is 0. The summed E-state index contributed by atoms with van der Waals surface area (Å²) >= 11 is 14.4. The third kappa shape index (κ3) is 18.3. The van der Waals surface area contributed by atoms with Crippen molar-refractivity contribution < 1.29 is 0 Å². The van der Waals surface area contributed by atoms with Crippen LogP contribution in [0.1, 0.15) is 20.3 Å². The molecule has 0 aliphatic rings. The lowest BCUT2D eigenvalue weighted by atomic mass is 10.6. The van der Waals surface area contributed by atoms with Crippen molar-refractivity contribution >= 4 is 46.7 Å². The van der Waals surface area contributed by atoms with Gasteiger partial charge in [0.2, 0.25) is 0 Å². The van der Waals surface area contributed by atoms with Crippen LogP contribution in [0.2, 0.25) is 0 Å². The van der Waals surface area contributed by atoms with Gasteiger partial charge in [-0.2, -0.15) is 0 Å². The number of thioether (sulfide) groups is 2. The lowest BCUT2D eigenvalue weighted by molar-refractivity contribution is 1.05. The van der Waals surface area contributed by atoms with Gasteiger partial charge in [0, 0.05) is 0 Å². The number of alkyl halides is 2. The maximum Gasteiger partial charge on any atom is 0.0783 e. The predicted octanol–water partition coefficient (Wildman–Crippen LogP) is 4.26. The molecule has 70 valence electrons. The average Bonchev–Trinajstić information content (AvgIpc) is 2.04.